The number of carboxylic acids is 2. The zero-order valence-electron chi connectivity index (χ0n) is 29.0. The predicted molar refractivity (Wildman–Crippen MR) is 193 cm³/mol. The first kappa shape index (κ1) is 40.1. The predicted octanol–water partition coefficient (Wildman–Crippen LogP) is 5.76. The maximum Gasteiger partial charge on any atom is 0.328 e. The van der Waals surface area contributed by atoms with Crippen molar-refractivity contribution in [3.05, 3.63) is 120 Å². The van der Waals surface area contributed by atoms with Gasteiger partial charge in [0.25, 0.3) is 11.8 Å². The van der Waals surface area contributed by atoms with Crippen molar-refractivity contribution in [2.45, 2.75) is 51.6 Å². The van der Waals surface area contributed by atoms with Crippen LogP contribution < -0.4 is 10.6 Å². The minimum Gasteiger partial charge on any atom is -0.481 e. The molecule has 0 saturated carbocycles. The topological polar surface area (TPSA) is 185 Å². The normalized spacial score (nSPS) is 11.4. The summed E-state index contributed by atoms with van der Waals surface area (Å²) in [7, 11) is 0. The lowest BCUT2D eigenvalue weighted by molar-refractivity contribution is -0.147. The molecule has 0 saturated heterocycles. The molecular weight excluding hydrogens is 668 g/mol. The van der Waals surface area contributed by atoms with E-state index in [4.69, 9.17) is 19.7 Å². The second kappa shape index (κ2) is 21.0. The molecule has 12 heteroatoms. The highest BCUT2D eigenvalue weighted by molar-refractivity contribution is 5.98. The second-order valence-electron chi connectivity index (χ2n) is 11.3. The molecule has 4 aromatic carbocycles. The van der Waals surface area contributed by atoms with Gasteiger partial charge in [-0.15, -0.1) is 0 Å². The molecule has 0 fully saturated rings. The van der Waals surface area contributed by atoms with Gasteiger partial charge in [-0.3, -0.25) is 19.2 Å². The van der Waals surface area contributed by atoms with Gasteiger partial charge in [-0.2, -0.15) is 0 Å². The third-order valence-electron chi connectivity index (χ3n) is 7.58. The van der Waals surface area contributed by atoms with E-state index in [0.717, 1.165) is 22.3 Å². The molecule has 0 bridgehead atoms. The summed E-state index contributed by atoms with van der Waals surface area (Å²) in [6.45, 7) is 3.85. The summed E-state index contributed by atoms with van der Waals surface area (Å²) in [4.78, 5) is 70.0. The Labute approximate surface area is 301 Å². The van der Waals surface area contributed by atoms with Gasteiger partial charge < -0.3 is 30.3 Å². The zero-order valence-corrected chi connectivity index (χ0v) is 29.0. The Morgan fingerprint density at radius 1 is 0.538 bits per heavy atom. The number of benzene rings is 4. The minimum atomic E-state index is -1.26. The molecule has 1 unspecified atom stereocenters. The molecule has 0 radical (unpaired) electrons. The molecule has 2 atom stereocenters. The van der Waals surface area contributed by atoms with Crippen LogP contribution in [0.4, 0.5) is 0 Å². The average molecular weight is 711 g/mol. The van der Waals surface area contributed by atoms with E-state index < -0.39 is 47.8 Å². The van der Waals surface area contributed by atoms with Crippen LogP contribution in [-0.4, -0.2) is 71.2 Å². The SMILES string of the molecule is CCOC(=O)CCC(NC(=O)c1ccc(-c2ccccc2)cc1)C(=O)OCC.O=C(O)CC[C@@H](NC(=O)c1ccc(-c2ccccc2)cc1)C(=O)O. The van der Waals surface area contributed by atoms with Crippen molar-refractivity contribution in [3.8, 4) is 22.3 Å². The van der Waals surface area contributed by atoms with Crippen molar-refractivity contribution in [1.29, 1.82) is 0 Å². The number of nitrogens with one attached hydrogen (secondary N) is 2. The highest BCUT2D eigenvalue weighted by atomic mass is 16.5. The van der Waals surface area contributed by atoms with E-state index in [2.05, 4.69) is 10.6 Å². The summed E-state index contributed by atoms with van der Waals surface area (Å²) in [5.74, 6) is -4.30. The Morgan fingerprint density at radius 3 is 1.35 bits per heavy atom. The lowest BCUT2D eigenvalue weighted by atomic mass is 10.0. The number of hydrogen-bond acceptors (Lipinski definition) is 8. The Kier molecular flexibility index (Phi) is 16.2. The van der Waals surface area contributed by atoms with Gasteiger partial charge in [-0.1, -0.05) is 84.9 Å². The number of ether oxygens (including phenoxy) is 2. The van der Waals surface area contributed by atoms with Gasteiger partial charge in [0.2, 0.25) is 0 Å². The van der Waals surface area contributed by atoms with E-state index in [1.807, 2.05) is 72.8 Å². The van der Waals surface area contributed by atoms with E-state index >= 15 is 0 Å². The standard InChI is InChI=1S/C22H25NO5.C18H17NO5/c1-3-27-20(24)15-14-19(22(26)28-4-2)23-21(25)18-12-10-17(11-13-18)16-8-6-5-7-9-16;20-16(21)11-10-15(18(23)24)19-17(22)14-8-6-13(7-9-14)12-4-2-1-3-5-12/h5-13,19H,3-4,14-15H2,1-2H3,(H,23,25);1-9,15H,10-11H2,(H,19,22)(H,20,21)(H,23,24)/t;15-/m.1/s1. The molecule has 0 spiro atoms. The Bertz CT molecular complexity index is 1780. The monoisotopic (exact) mass is 710 g/mol. The van der Waals surface area contributed by atoms with E-state index in [9.17, 15) is 28.8 Å². The van der Waals surface area contributed by atoms with Crippen LogP contribution in [0.25, 0.3) is 22.3 Å². The molecule has 0 aromatic heterocycles. The molecule has 0 aliphatic heterocycles. The molecule has 2 amide bonds. The molecule has 0 heterocycles. The second-order valence-corrected chi connectivity index (χ2v) is 11.3. The smallest absolute Gasteiger partial charge is 0.328 e. The van der Waals surface area contributed by atoms with Gasteiger partial charge >= 0.3 is 23.9 Å². The number of esters is 2. The first-order valence-electron chi connectivity index (χ1n) is 16.7. The largest absolute Gasteiger partial charge is 0.481 e. The van der Waals surface area contributed by atoms with Crippen LogP contribution in [-0.2, 0) is 28.7 Å². The molecule has 4 aromatic rings. The van der Waals surface area contributed by atoms with E-state index in [0.29, 0.717) is 11.1 Å². The van der Waals surface area contributed by atoms with Crippen LogP contribution in [0.3, 0.4) is 0 Å². The number of hydrogen-bond donors (Lipinski definition) is 4. The Hall–Kier alpha value is -6.30. The first-order valence-corrected chi connectivity index (χ1v) is 16.7. The third-order valence-corrected chi connectivity index (χ3v) is 7.58. The summed E-state index contributed by atoms with van der Waals surface area (Å²) >= 11 is 0. The van der Waals surface area contributed by atoms with Crippen molar-refractivity contribution in [1.82, 2.24) is 10.6 Å². The fourth-order valence-electron chi connectivity index (χ4n) is 4.88. The molecule has 272 valence electrons. The molecule has 12 nitrogen and oxygen atoms in total. The molecular formula is C40H42N2O10. The first-order chi connectivity index (χ1) is 25.0. The highest BCUT2D eigenvalue weighted by Gasteiger charge is 2.24. The number of carbonyl (C=O) groups excluding carboxylic acids is 4. The minimum absolute atomic E-state index is 0.0184. The van der Waals surface area contributed by atoms with Crippen LogP contribution in [0.2, 0.25) is 0 Å². The maximum atomic E-state index is 12.5. The van der Waals surface area contributed by atoms with Crippen molar-refractivity contribution >= 4 is 35.7 Å². The Balaban J connectivity index is 0.000000284. The van der Waals surface area contributed by atoms with E-state index in [1.54, 1.807) is 50.2 Å². The van der Waals surface area contributed by atoms with Gasteiger partial charge in [0.15, 0.2) is 0 Å². The van der Waals surface area contributed by atoms with Gasteiger partial charge in [-0.05, 0) is 73.2 Å². The quantitative estimate of drug-likeness (QED) is 0.104. The fourth-order valence-corrected chi connectivity index (χ4v) is 4.88. The van der Waals surface area contributed by atoms with Crippen LogP contribution in [0, 0.1) is 0 Å². The highest BCUT2D eigenvalue weighted by Crippen LogP contribution is 2.20. The maximum absolute atomic E-state index is 12.5. The Morgan fingerprint density at radius 2 is 0.942 bits per heavy atom. The van der Waals surface area contributed by atoms with Crippen LogP contribution in [0.1, 0.15) is 60.2 Å². The summed E-state index contributed by atoms with van der Waals surface area (Å²) < 4.78 is 9.88. The van der Waals surface area contributed by atoms with Crippen molar-refractivity contribution in [2.75, 3.05) is 13.2 Å². The summed E-state index contributed by atoms with van der Waals surface area (Å²) in [6, 6.07) is 31.2. The lowest BCUT2D eigenvalue weighted by Gasteiger charge is -2.17. The number of rotatable bonds is 16. The van der Waals surface area contributed by atoms with Gasteiger partial charge in [0.1, 0.15) is 12.1 Å². The van der Waals surface area contributed by atoms with Gasteiger partial charge in [0, 0.05) is 24.0 Å². The summed E-state index contributed by atoms with van der Waals surface area (Å²) in [5, 5.41) is 22.7. The fraction of sp³-hybridized carbons (Fsp3) is 0.250. The molecule has 52 heavy (non-hydrogen) atoms. The van der Waals surface area contributed by atoms with Crippen molar-refractivity contribution in [3.63, 3.8) is 0 Å². The average Bonchev–Trinajstić information content (AvgIpc) is 3.16. The lowest BCUT2D eigenvalue weighted by Crippen LogP contribution is -2.42. The van der Waals surface area contributed by atoms with Crippen molar-refractivity contribution < 1.29 is 48.5 Å². The molecule has 0 aliphatic carbocycles. The summed E-state index contributed by atoms with van der Waals surface area (Å²) in [6.07, 6.45) is -0.362. The molecule has 4 N–H and O–H groups in total. The number of carboxylic acid groups (broad SMARTS) is 2. The van der Waals surface area contributed by atoms with E-state index in [-0.39, 0.29) is 38.9 Å². The molecule has 0 aliphatic rings. The van der Waals surface area contributed by atoms with Crippen LogP contribution in [0.15, 0.2) is 109 Å². The molecule has 4 rings (SSSR count). The zero-order chi connectivity index (χ0) is 37.9. The third kappa shape index (κ3) is 13.2. The van der Waals surface area contributed by atoms with Crippen molar-refractivity contribution in [2.24, 2.45) is 0 Å². The number of aliphatic carboxylic acids is 2. The van der Waals surface area contributed by atoms with Gasteiger partial charge in [-0.25, -0.2) is 9.59 Å². The van der Waals surface area contributed by atoms with E-state index in [1.165, 1.54) is 0 Å². The number of carbonyl (C=O) groups is 6. The van der Waals surface area contributed by atoms with Crippen LogP contribution in [0.5, 0.6) is 0 Å². The van der Waals surface area contributed by atoms with Crippen LogP contribution >= 0.6 is 0 Å². The number of amides is 2. The summed E-state index contributed by atoms with van der Waals surface area (Å²) in [5.41, 5.74) is 4.72. The van der Waals surface area contributed by atoms with Gasteiger partial charge in [0.05, 0.1) is 13.2 Å².